The Kier molecular flexibility index (Phi) is 4.01. The van der Waals surface area contributed by atoms with Gasteiger partial charge in [0.15, 0.2) is 0 Å². The molecule has 2 nitrogen and oxygen atoms in total. The Morgan fingerprint density at radius 1 is 1.41 bits per heavy atom. The van der Waals surface area contributed by atoms with Crippen molar-refractivity contribution in [1.82, 2.24) is 4.90 Å². The Morgan fingerprint density at radius 3 is 2.71 bits per heavy atom. The number of nitrogens with zero attached hydrogens (tertiary/aromatic N) is 1. The summed E-state index contributed by atoms with van der Waals surface area (Å²) in [7, 11) is 1.84. The molecule has 0 aromatic carbocycles. The fourth-order valence-corrected chi connectivity index (χ4v) is 3.58. The van der Waals surface area contributed by atoms with Crippen LogP contribution in [0.4, 0.5) is 0 Å². The topological polar surface area (TPSA) is 20.3 Å². The summed E-state index contributed by atoms with van der Waals surface area (Å²) in [5, 5.41) is 5.98. The Balaban J connectivity index is 2.08. The average Bonchev–Trinajstić information content (AvgIpc) is 2.86. The lowest BCUT2D eigenvalue weighted by Gasteiger charge is -2.16. The first-order chi connectivity index (χ1) is 8.08. The van der Waals surface area contributed by atoms with Crippen LogP contribution in [-0.4, -0.2) is 17.9 Å². The maximum atomic E-state index is 12.2. The monoisotopic (exact) mass is 329 g/mol. The summed E-state index contributed by atoms with van der Waals surface area (Å²) in [4.78, 5) is 13.9. The van der Waals surface area contributed by atoms with E-state index in [2.05, 4.69) is 27.4 Å². The van der Waals surface area contributed by atoms with Crippen molar-refractivity contribution in [3.05, 3.63) is 42.7 Å². The quantitative estimate of drug-likeness (QED) is 0.828. The van der Waals surface area contributed by atoms with E-state index in [1.54, 1.807) is 27.6 Å². The van der Waals surface area contributed by atoms with Crippen LogP contribution in [0, 0.1) is 6.92 Å². The second-order valence-electron chi connectivity index (χ2n) is 3.89. The van der Waals surface area contributed by atoms with Crippen LogP contribution in [0.5, 0.6) is 0 Å². The van der Waals surface area contributed by atoms with E-state index in [4.69, 9.17) is 0 Å². The van der Waals surface area contributed by atoms with Gasteiger partial charge < -0.3 is 4.90 Å². The molecule has 0 bridgehead atoms. The minimum Gasteiger partial charge on any atom is -0.337 e. The molecule has 2 aromatic heterocycles. The van der Waals surface area contributed by atoms with Gasteiger partial charge in [0.2, 0.25) is 0 Å². The number of hydrogen-bond donors (Lipinski definition) is 0. The van der Waals surface area contributed by atoms with Gasteiger partial charge in [0, 0.05) is 19.0 Å². The van der Waals surface area contributed by atoms with Crippen molar-refractivity contribution < 1.29 is 4.79 Å². The van der Waals surface area contributed by atoms with E-state index >= 15 is 0 Å². The second kappa shape index (κ2) is 5.33. The summed E-state index contributed by atoms with van der Waals surface area (Å²) in [6, 6.07) is 2.05. The first kappa shape index (κ1) is 12.8. The molecule has 0 atom stereocenters. The second-order valence-corrected chi connectivity index (χ2v) is 6.92. The molecule has 0 saturated carbocycles. The molecule has 0 fully saturated rings. The standard InChI is InChI=1S/C12H12BrNOS2/c1-8-5-16-7-10(8)12(15)14(2)4-9-3-11(13)17-6-9/h3,5-7H,4H2,1-2H3. The third kappa shape index (κ3) is 2.97. The highest BCUT2D eigenvalue weighted by atomic mass is 79.9. The Morgan fingerprint density at radius 2 is 2.18 bits per heavy atom. The third-order valence-electron chi connectivity index (χ3n) is 2.47. The summed E-state index contributed by atoms with van der Waals surface area (Å²) in [5.74, 6) is 0.0890. The normalized spacial score (nSPS) is 10.5. The molecule has 5 heteroatoms. The van der Waals surface area contributed by atoms with E-state index in [1.165, 1.54) is 0 Å². The van der Waals surface area contributed by atoms with Gasteiger partial charge in [-0.25, -0.2) is 0 Å². The molecule has 1 amide bonds. The smallest absolute Gasteiger partial charge is 0.255 e. The van der Waals surface area contributed by atoms with Crippen LogP contribution < -0.4 is 0 Å². The average molecular weight is 330 g/mol. The first-order valence-electron chi connectivity index (χ1n) is 5.09. The summed E-state index contributed by atoms with van der Waals surface area (Å²) in [6.45, 7) is 2.62. The van der Waals surface area contributed by atoms with Crippen molar-refractivity contribution in [2.24, 2.45) is 0 Å². The number of carbonyl (C=O) groups is 1. The van der Waals surface area contributed by atoms with Crippen molar-refractivity contribution in [3.63, 3.8) is 0 Å². The zero-order valence-electron chi connectivity index (χ0n) is 9.57. The number of amides is 1. The summed E-state index contributed by atoms with van der Waals surface area (Å²) in [6.07, 6.45) is 0. The Bertz CT molecular complexity index is 532. The summed E-state index contributed by atoms with van der Waals surface area (Å²) < 4.78 is 1.10. The molecule has 0 saturated heterocycles. The Hall–Kier alpha value is -0.650. The van der Waals surface area contributed by atoms with Gasteiger partial charge in [-0.1, -0.05) is 0 Å². The highest BCUT2D eigenvalue weighted by Crippen LogP contribution is 2.22. The number of rotatable bonds is 3. The van der Waals surface area contributed by atoms with Crippen LogP contribution >= 0.6 is 38.6 Å². The molecule has 0 aliphatic rings. The number of halogens is 1. The van der Waals surface area contributed by atoms with Crippen LogP contribution in [0.3, 0.4) is 0 Å². The van der Waals surface area contributed by atoms with Gasteiger partial charge in [-0.3, -0.25) is 4.79 Å². The molecule has 0 aliphatic carbocycles. The minimum absolute atomic E-state index is 0.0890. The molecule has 0 radical (unpaired) electrons. The Labute approximate surface area is 117 Å². The van der Waals surface area contributed by atoms with Crippen molar-refractivity contribution in [2.75, 3.05) is 7.05 Å². The molecular formula is C12H12BrNOS2. The van der Waals surface area contributed by atoms with E-state index in [1.807, 2.05) is 24.7 Å². The zero-order valence-corrected chi connectivity index (χ0v) is 12.8. The molecule has 2 heterocycles. The van der Waals surface area contributed by atoms with E-state index in [0.29, 0.717) is 6.54 Å². The summed E-state index contributed by atoms with van der Waals surface area (Å²) >= 11 is 6.64. The largest absolute Gasteiger partial charge is 0.337 e. The van der Waals surface area contributed by atoms with Crippen molar-refractivity contribution in [1.29, 1.82) is 0 Å². The van der Waals surface area contributed by atoms with E-state index in [0.717, 1.165) is 20.5 Å². The molecule has 2 aromatic rings. The lowest BCUT2D eigenvalue weighted by atomic mass is 10.2. The van der Waals surface area contributed by atoms with E-state index in [9.17, 15) is 4.79 Å². The van der Waals surface area contributed by atoms with Gasteiger partial charge in [0.05, 0.1) is 9.35 Å². The zero-order chi connectivity index (χ0) is 12.4. The molecular weight excluding hydrogens is 318 g/mol. The highest BCUT2D eigenvalue weighted by molar-refractivity contribution is 9.11. The van der Waals surface area contributed by atoms with Gasteiger partial charge in [-0.15, -0.1) is 11.3 Å². The van der Waals surface area contributed by atoms with Gasteiger partial charge >= 0.3 is 0 Å². The van der Waals surface area contributed by atoms with Crippen LogP contribution in [0.1, 0.15) is 21.5 Å². The lowest BCUT2D eigenvalue weighted by molar-refractivity contribution is 0.0785. The van der Waals surface area contributed by atoms with Gasteiger partial charge in [-0.05, 0) is 50.8 Å². The lowest BCUT2D eigenvalue weighted by Crippen LogP contribution is -2.26. The molecule has 0 unspecified atom stereocenters. The fraction of sp³-hybridized carbons (Fsp3) is 0.250. The molecule has 90 valence electrons. The predicted octanol–water partition coefficient (Wildman–Crippen LogP) is 4.15. The summed E-state index contributed by atoms with van der Waals surface area (Å²) in [5.41, 5.74) is 3.02. The molecule has 0 aliphatic heterocycles. The molecule has 0 spiro atoms. The highest BCUT2D eigenvalue weighted by Gasteiger charge is 2.15. The molecule has 0 N–H and O–H groups in total. The van der Waals surface area contributed by atoms with Crippen molar-refractivity contribution in [3.8, 4) is 0 Å². The van der Waals surface area contributed by atoms with Crippen LogP contribution in [-0.2, 0) is 6.54 Å². The molecule has 2 rings (SSSR count). The minimum atomic E-state index is 0.0890. The van der Waals surface area contributed by atoms with Crippen LogP contribution in [0.25, 0.3) is 0 Å². The van der Waals surface area contributed by atoms with Crippen molar-refractivity contribution >= 4 is 44.5 Å². The number of carbonyl (C=O) groups excluding carboxylic acids is 1. The third-order valence-corrected chi connectivity index (χ3v) is 4.89. The maximum Gasteiger partial charge on any atom is 0.255 e. The first-order valence-corrected chi connectivity index (χ1v) is 7.70. The van der Waals surface area contributed by atoms with Gasteiger partial charge in [0.25, 0.3) is 5.91 Å². The van der Waals surface area contributed by atoms with E-state index < -0.39 is 0 Å². The number of aryl methyl sites for hydroxylation is 1. The predicted molar refractivity (Wildman–Crippen MR) is 76.9 cm³/mol. The van der Waals surface area contributed by atoms with Crippen molar-refractivity contribution in [2.45, 2.75) is 13.5 Å². The van der Waals surface area contributed by atoms with Crippen LogP contribution in [0.15, 0.2) is 26.0 Å². The van der Waals surface area contributed by atoms with Crippen LogP contribution in [0.2, 0.25) is 0 Å². The molecule has 17 heavy (non-hydrogen) atoms. The fourth-order valence-electron chi connectivity index (χ4n) is 1.56. The van der Waals surface area contributed by atoms with E-state index in [-0.39, 0.29) is 5.91 Å². The number of hydrogen-bond acceptors (Lipinski definition) is 3. The van der Waals surface area contributed by atoms with Gasteiger partial charge in [-0.2, -0.15) is 11.3 Å². The SMILES string of the molecule is Cc1cscc1C(=O)N(C)Cc1csc(Br)c1. The van der Waals surface area contributed by atoms with Gasteiger partial charge in [0.1, 0.15) is 0 Å². The maximum absolute atomic E-state index is 12.2. The number of thiophene rings is 2.